The van der Waals surface area contributed by atoms with Crippen LogP contribution in [-0.4, -0.2) is 35.6 Å². The topological polar surface area (TPSA) is 93.3 Å². The number of benzene rings is 2. The predicted molar refractivity (Wildman–Crippen MR) is 91.2 cm³/mol. The molecule has 128 valence electrons. The van der Waals surface area contributed by atoms with E-state index in [-0.39, 0.29) is 24.6 Å². The average Bonchev–Trinajstić information content (AvgIpc) is 3.07. The van der Waals surface area contributed by atoms with Crippen LogP contribution >= 0.6 is 0 Å². The minimum atomic E-state index is -0.515. The molecule has 1 amide bonds. The number of amides is 1. The SMILES string of the molecule is COC(=O)c1ccccc1OCC(=O)NCc1nc2ccccc2[nH]1. The number of rotatable bonds is 6. The Balaban J connectivity index is 1.56. The van der Waals surface area contributed by atoms with Gasteiger partial charge in [-0.25, -0.2) is 9.78 Å². The zero-order valence-electron chi connectivity index (χ0n) is 13.6. The number of aromatic amines is 1. The molecule has 0 saturated heterocycles. The smallest absolute Gasteiger partial charge is 0.341 e. The van der Waals surface area contributed by atoms with Gasteiger partial charge in [0.25, 0.3) is 5.91 Å². The largest absolute Gasteiger partial charge is 0.483 e. The molecule has 1 aromatic heterocycles. The molecular weight excluding hydrogens is 322 g/mol. The summed E-state index contributed by atoms with van der Waals surface area (Å²) in [5.41, 5.74) is 2.03. The van der Waals surface area contributed by atoms with Gasteiger partial charge in [-0.05, 0) is 24.3 Å². The molecule has 0 spiro atoms. The van der Waals surface area contributed by atoms with Gasteiger partial charge in [0.05, 0.1) is 24.7 Å². The van der Waals surface area contributed by atoms with Crippen molar-refractivity contribution in [3.05, 3.63) is 59.9 Å². The molecule has 0 saturated carbocycles. The lowest BCUT2D eigenvalue weighted by Gasteiger charge is -2.10. The normalized spacial score (nSPS) is 10.4. The van der Waals surface area contributed by atoms with Gasteiger partial charge in [-0.2, -0.15) is 0 Å². The van der Waals surface area contributed by atoms with E-state index in [4.69, 9.17) is 4.74 Å². The van der Waals surface area contributed by atoms with E-state index in [1.165, 1.54) is 7.11 Å². The molecule has 1 heterocycles. The van der Waals surface area contributed by atoms with Gasteiger partial charge in [-0.15, -0.1) is 0 Å². The fraction of sp³-hybridized carbons (Fsp3) is 0.167. The maximum absolute atomic E-state index is 12.0. The molecule has 3 rings (SSSR count). The molecule has 0 aliphatic heterocycles. The third-order valence-corrected chi connectivity index (χ3v) is 3.54. The summed E-state index contributed by atoms with van der Waals surface area (Å²) in [4.78, 5) is 31.1. The number of ether oxygens (including phenoxy) is 2. The minimum absolute atomic E-state index is 0.214. The summed E-state index contributed by atoms with van der Waals surface area (Å²) in [5.74, 6) is 0.121. The number of H-pyrrole nitrogens is 1. The van der Waals surface area contributed by atoms with Crippen LogP contribution in [0.25, 0.3) is 11.0 Å². The molecule has 0 aliphatic carbocycles. The molecule has 3 aromatic rings. The number of hydrogen-bond acceptors (Lipinski definition) is 5. The van der Waals surface area contributed by atoms with Gasteiger partial charge >= 0.3 is 5.97 Å². The molecule has 0 unspecified atom stereocenters. The van der Waals surface area contributed by atoms with E-state index in [0.29, 0.717) is 11.6 Å². The molecule has 25 heavy (non-hydrogen) atoms. The first-order chi connectivity index (χ1) is 12.2. The van der Waals surface area contributed by atoms with Crippen LogP contribution in [0.5, 0.6) is 5.75 Å². The van der Waals surface area contributed by atoms with Crippen molar-refractivity contribution in [3.63, 3.8) is 0 Å². The summed E-state index contributed by atoms with van der Waals surface area (Å²) in [6.07, 6.45) is 0. The number of nitrogens with one attached hydrogen (secondary N) is 2. The molecule has 7 nitrogen and oxygen atoms in total. The van der Waals surface area contributed by atoms with Crippen molar-refractivity contribution in [1.29, 1.82) is 0 Å². The van der Waals surface area contributed by atoms with Crippen LogP contribution in [-0.2, 0) is 16.1 Å². The van der Waals surface area contributed by atoms with E-state index >= 15 is 0 Å². The summed E-state index contributed by atoms with van der Waals surface area (Å²) in [5, 5.41) is 2.72. The lowest BCUT2D eigenvalue weighted by Crippen LogP contribution is -2.29. The Morgan fingerprint density at radius 1 is 1.12 bits per heavy atom. The highest BCUT2D eigenvalue weighted by Gasteiger charge is 2.13. The molecule has 2 aromatic carbocycles. The number of carbonyl (C=O) groups is 2. The molecule has 0 bridgehead atoms. The van der Waals surface area contributed by atoms with Gasteiger partial charge in [0.2, 0.25) is 0 Å². The van der Waals surface area contributed by atoms with Crippen LogP contribution in [0.4, 0.5) is 0 Å². The van der Waals surface area contributed by atoms with Crippen molar-refractivity contribution in [2.45, 2.75) is 6.54 Å². The van der Waals surface area contributed by atoms with Crippen molar-refractivity contribution >= 4 is 22.9 Å². The minimum Gasteiger partial charge on any atom is -0.483 e. The Morgan fingerprint density at radius 3 is 2.68 bits per heavy atom. The van der Waals surface area contributed by atoms with Crippen LogP contribution < -0.4 is 10.1 Å². The van der Waals surface area contributed by atoms with E-state index in [0.717, 1.165) is 11.0 Å². The van der Waals surface area contributed by atoms with Gasteiger partial charge in [0.15, 0.2) is 6.61 Å². The van der Waals surface area contributed by atoms with E-state index < -0.39 is 5.97 Å². The summed E-state index contributed by atoms with van der Waals surface area (Å²) < 4.78 is 10.1. The number of nitrogens with zero attached hydrogens (tertiary/aromatic N) is 1. The third-order valence-electron chi connectivity index (χ3n) is 3.54. The monoisotopic (exact) mass is 339 g/mol. The number of esters is 1. The second-order valence-electron chi connectivity index (χ2n) is 5.25. The van der Waals surface area contributed by atoms with E-state index in [2.05, 4.69) is 20.0 Å². The van der Waals surface area contributed by atoms with Crippen molar-refractivity contribution in [2.75, 3.05) is 13.7 Å². The Bertz CT molecular complexity index is 871. The lowest BCUT2D eigenvalue weighted by atomic mass is 10.2. The first kappa shape index (κ1) is 16.5. The summed E-state index contributed by atoms with van der Waals surface area (Å²) in [6.45, 7) is 0.0454. The summed E-state index contributed by atoms with van der Waals surface area (Å²) in [7, 11) is 1.29. The molecule has 7 heteroatoms. The number of fused-ring (bicyclic) bond motifs is 1. The summed E-state index contributed by atoms with van der Waals surface area (Å²) >= 11 is 0. The van der Waals surface area contributed by atoms with Crippen molar-refractivity contribution < 1.29 is 19.1 Å². The van der Waals surface area contributed by atoms with Crippen LogP contribution in [0.3, 0.4) is 0 Å². The number of methoxy groups -OCH3 is 1. The number of para-hydroxylation sites is 3. The molecular formula is C18H17N3O4. The molecule has 0 radical (unpaired) electrons. The maximum Gasteiger partial charge on any atom is 0.341 e. The van der Waals surface area contributed by atoms with Crippen molar-refractivity contribution in [3.8, 4) is 5.75 Å². The fourth-order valence-corrected chi connectivity index (χ4v) is 2.34. The standard InChI is InChI=1S/C18H17N3O4/c1-24-18(23)12-6-2-5-9-15(12)25-11-17(22)19-10-16-20-13-7-3-4-8-14(13)21-16/h2-9H,10-11H2,1H3,(H,19,22)(H,20,21). The van der Waals surface area contributed by atoms with Gasteiger partial charge in [0, 0.05) is 0 Å². The maximum atomic E-state index is 12.0. The van der Waals surface area contributed by atoms with E-state index in [9.17, 15) is 9.59 Å². The van der Waals surface area contributed by atoms with Crippen molar-refractivity contribution in [1.82, 2.24) is 15.3 Å². The lowest BCUT2D eigenvalue weighted by molar-refractivity contribution is -0.123. The first-order valence-corrected chi connectivity index (χ1v) is 7.68. The van der Waals surface area contributed by atoms with Crippen LogP contribution in [0, 0.1) is 0 Å². The number of hydrogen-bond donors (Lipinski definition) is 2. The number of carbonyl (C=O) groups excluding carboxylic acids is 2. The predicted octanol–water partition coefficient (Wildman–Crippen LogP) is 2.04. The van der Waals surface area contributed by atoms with E-state index in [1.54, 1.807) is 24.3 Å². The van der Waals surface area contributed by atoms with Gasteiger partial charge < -0.3 is 19.8 Å². The second-order valence-corrected chi connectivity index (χ2v) is 5.25. The Kier molecular flexibility index (Phi) is 4.94. The highest BCUT2D eigenvalue weighted by Crippen LogP contribution is 2.18. The highest BCUT2D eigenvalue weighted by atomic mass is 16.5. The van der Waals surface area contributed by atoms with Crippen LogP contribution in [0.1, 0.15) is 16.2 Å². The van der Waals surface area contributed by atoms with Crippen molar-refractivity contribution in [2.24, 2.45) is 0 Å². The second kappa shape index (κ2) is 7.48. The van der Waals surface area contributed by atoms with Crippen LogP contribution in [0.15, 0.2) is 48.5 Å². The molecule has 2 N–H and O–H groups in total. The Hall–Kier alpha value is -3.35. The average molecular weight is 339 g/mol. The molecule has 0 fully saturated rings. The van der Waals surface area contributed by atoms with E-state index in [1.807, 2.05) is 24.3 Å². The zero-order valence-corrected chi connectivity index (χ0v) is 13.6. The third kappa shape index (κ3) is 3.95. The van der Waals surface area contributed by atoms with Crippen LogP contribution in [0.2, 0.25) is 0 Å². The van der Waals surface area contributed by atoms with Gasteiger partial charge in [0.1, 0.15) is 17.1 Å². The number of aromatic nitrogens is 2. The Labute approximate surface area is 144 Å². The van der Waals surface area contributed by atoms with Gasteiger partial charge in [-0.3, -0.25) is 4.79 Å². The molecule has 0 aliphatic rings. The Morgan fingerprint density at radius 2 is 1.88 bits per heavy atom. The fourth-order valence-electron chi connectivity index (χ4n) is 2.34. The first-order valence-electron chi connectivity index (χ1n) is 7.68. The quantitative estimate of drug-likeness (QED) is 0.671. The number of imidazole rings is 1. The zero-order chi connectivity index (χ0) is 17.6. The van der Waals surface area contributed by atoms with Gasteiger partial charge in [-0.1, -0.05) is 24.3 Å². The highest BCUT2D eigenvalue weighted by molar-refractivity contribution is 5.92. The summed E-state index contributed by atoms with van der Waals surface area (Å²) in [6, 6.07) is 14.2. The molecule has 0 atom stereocenters.